The lowest BCUT2D eigenvalue weighted by Gasteiger charge is -2.08. The summed E-state index contributed by atoms with van der Waals surface area (Å²) in [7, 11) is 0. The molecule has 1 heteroatoms. The van der Waals surface area contributed by atoms with Crippen molar-refractivity contribution in [2.24, 2.45) is 11.7 Å². The Kier molecular flexibility index (Phi) is 3.53. The molecule has 0 saturated carbocycles. The zero-order chi connectivity index (χ0) is 6.57. The molecule has 0 aromatic heterocycles. The first-order valence-corrected chi connectivity index (χ1v) is 3.07. The van der Waals surface area contributed by atoms with Gasteiger partial charge in [-0.1, -0.05) is 19.1 Å². The minimum Gasteiger partial charge on any atom is -0.327 e. The highest BCUT2D eigenvalue weighted by molar-refractivity contribution is 4.86. The SMILES string of the molecule is C/C=C\C(C)C(C)N. The molecule has 48 valence electrons. The van der Waals surface area contributed by atoms with Crippen LogP contribution in [-0.4, -0.2) is 6.04 Å². The number of nitrogens with two attached hydrogens (primary N) is 1. The Labute approximate surface area is 51.6 Å². The molecule has 8 heavy (non-hydrogen) atoms. The fourth-order valence-electron chi connectivity index (χ4n) is 0.479. The minimum absolute atomic E-state index is 0.284. The van der Waals surface area contributed by atoms with Gasteiger partial charge in [0.1, 0.15) is 0 Å². The molecule has 0 bridgehead atoms. The van der Waals surface area contributed by atoms with Crippen LogP contribution in [0.3, 0.4) is 0 Å². The molecule has 0 aromatic carbocycles. The molecule has 0 aromatic rings. The van der Waals surface area contributed by atoms with Crippen molar-refractivity contribution in [2.45, 2.75) is 26.8 Å². The molecule has 1 nitrogen and oxygen atoms in total. The molecular formula is C7H15N. The van der Waals surface area contributed by atoms with Crippen LogP contribution in [0.1, 0.15) is 20.8 Å². The van der Waals surface area contributed by atoms with E-state index < -0.39 is 0 Å². The van der Waals surface area contributed by atoms with Crippen LogP contribution >= 0.6 is 0 Å². The number of rotatable bonds is 2. The summed E-state index contributed by atoms with van der Waals surface area (Å²) in [4.78, 5) is 0. The molecule has 0 saturated heterocycles. The molecule has 0 fully saturated rings. The lowest BCUT2D eigenvalue weighted by Crippen LogP contribution is -2.22. The van der Waals surface area contributed by atoms with Gasteiger partial charge in [-0.2, -0.15) is 0 Å². The van der Waals surface area contributed by atoms with Gasteiger partial charge in [-0.05, 0) is 19.8 Å². The molecule has 0 amide bonds. The standard InChI is InChI=1S/C7H15N/c1-4-5-6(2)7(3)8/h4-7H,8H2,1-3H3/b5-4-. The molecular weight excluding hydrogens is 98.1 g/mol. The molecule has 0 aliphatic rings. The van der Waals surface area contributed by atoms with E-state index in [1.807, 2.05) is 19.9 Å². The Hall–Kier alpha value is -0.300. The van der Waals surface area contributed by atoms with Crippen LogP contribution in [0.15, 0.2) is 12.2 Å². The summed E-state index contributed by atoms with van der Waals surface area (Å²) in [5.74, 6) is 0.514. The Balaban J connectivity index is 3.47. The highest BCUT2D eigenvalue weighted by atomic mass is 14.6. The fourth-order valence-corrected chi connectivity index (χ4v) is 0.479. The number of hydrogen-bond donors (Lipinski definition) is 1. The molecule has 2 N–H and O–H groups in total. The van der Waals surface area contributed by atoms with E-state index in [1.165, 1.54) is 0 Å². The first kappa shape index (κ1) is 7.70. The van der Waals surface area contributed by atoms with E-state index in [0.29, 0.717) is 5.92 Å². The van der Waals surface area contributed by atoms with Gasteiger partial charge in [-0.3, -0.25) is 0 Å². The van der Waals surface area contributed by atoms with E-state index >= 15 is 0 Å². The van der Waals surface area contributed by atoms with Crippen molar-refractivity contribution >= 4 is 0 Å². The first-order valence-electron chi connectivity index (χ1n) is 3.07. The molecule has 0 heterocycles. The van der Waals surface area contributed by atoms with Crippen LogP contribution < -0.4 is 5.73 Å². The van der Waals surface area contributed by atoms with Gasteiger partial charge in [0.25, 0.3) is 0 Å². The highest BCUT2D eigenvalue weighted by Gasteiger charge is 1.99. The third kappa shape index (κ3) is 2.80. The normalized spacial score (nSPS) is 19.0. The van der Waals surface area contributed by atoms with Crippen LogP contribution in [0, 0.1) is 5.92 Å². The van der Waals surface area contributed by atoms with E-state index in [0.717, 1.165) is 0 Å². The van der Waals surface area contributed by atoms with E-state index in [-0.39, 0.29) is 6.04 Å². The predicted octanol–water partition coefficient (Wildman–Crippen LogP) is 1.55. The predicted molar refractivity (Wildman–Crippen MR) is 37.6 cm³/mol. The Bertz CT molecular complexity index is 74.5. The van der Waals surface area contributed by atoms with E-state index in [1.54, 1.807) is 0 Å². The maximum absolute atomic E-state index is 5.57. The van der Waals surface area contributed by atoms with Crippen molar-refractivity contribution in [2.75, 3.05) is 0 Å². The quantitative estimate of drug-likeness (QED) is 0.540. The summed E-state index contributed by atoms with van der Waals surface area (Å²) < 4.78 is 0. The van der Waals surface area contributed by atoms with Gasteiger partial charge in [0, 0.05) is 6.04 Å². The summed E-state index contributed by atoms with van der Waals surface area (Å²) >= 11 is 0. The summed E-state index contributed by atoms with van der Waals surface area (Å²) in [5, 5.41) is 0. The maximum Gasteiger partial charge on any atom is 0.00707 e. The number of hydrogen-bond acceptors (Lipinski definition) is 1. The molecule has 0 radical (unpaired) electrons. The van der Waals surface area contributed by atoms with Crippen molar-refractivity contribution in [3.63, 3.8) is 0 Å². The topological polar surface area (TPSA) is 26.0 Å². The molecule has 0 rings (SSSR count). The third-order valence-electron chi connectivity index (χ3n) is 1.33. The zero-order valence-corrected chi connectivity index (χ0v) is 5.89. The van der Waals surface area contributed by atoms with Crippen LogP contribution in [0.2, 0.25) is 0 Å². The van der Waals surface area contributed by atoms with Gasteiger partial charge in [0.05, 0.1) is 0 Å². The highest BCUT2D eigenvalue weighted by Crippen LogP contribution is 1.99. The summed E-state index contributed by atoms with van der Waals surface area (Å²) in [5.41, 5.74) is 5.57. The largest absolute Gasteiger partial charge is 0.327 e. The van der Waals surface area contributed by atoms with Crippen molar-refractivity contribution < 1.29 is 0 Å². The van der Waals surface area contributed by atoms with Gasteiger partial charge in [0.15, 0.2) is 0 Å². The second-order valence-corrected chi connectivity index (χ2v) is 2.24. The molecule has 0 aliphatic carbocycles. The number of allylic oxidation sites excluding steroid dienone is 1. The van der Waals surface area contributed by atoms with Gasteiger partial charge in [0.2, 0.25) is 0 Å². The van der Waals surface area contributed by atoms with Crippen molar-refractivity contribution in [3.8, 4) is 0 Å². The average molecular weight is 113 g/mol. The van der Waals surface area contributed by atoms with Crippen LogP contribution in [-0.2, 0) is 0 Å². The lowest BCUT2D eigenvalue weighted by molar-refractivity contribution is 0.581. The molecule has 2 unspecified atom stereocenters. The van der Waals surface area contributed by atoms with E-state index in [9.17, 15) is 0 Å². The fraction of sp³-hybridized carbons (Fsp3) is 0.714. The summed E-state index contributed by atoms with van der Waals surface area (Å²) in [6.45, 7) is 6.15. The van der Waals surface area contributed by atoms with Crippen molar-refractivity contribution in [1.82, 2.24) is 0 Å². The smallest absolute Gasteiger partial charge is 0.00707 e. The average Bonchev–Trinajstić information content (AvgIpc) is 1.67. The lowest BCUT2D eigenvalue weighted by atomic mass is 10.1. The third-order valence-corrected chi connectivity index (χ3v) is 1.33. The Morgan fingerprint density at radius 2 is 1.88 bits per heavy atom. The van der Waals surface area contributed by atoms with Crippen molar-refractivity contribution in [3.05, 3.63) is 12.2 Å². The van der Waals surface area contributed by atoms with Crippen LogP contribution in [0.4, 0.5) is 0 Å². The minimum atomic E-state index is 0.284. The van der Waals surface area contributed by atoms with Gasteiger partial charge < -0.3 is 5.73 Å². The molecule has 2 atom stereocenters. The van der Waals surface area contributed by atoms with E-state index in [2.05, 4.69) is 13.0 Å². The second-order valence-electron chi connectivity index (χ2n) is 2.24. The van der Waals surface area contributed by atoms with Gasteiger partial charge >= 0.3 is 0 Å². The maximum atomic E-state index is 5.57. The summed E-state index contributed by atoms with van der Waals surface area (Å²) in [6, 6.07) is 0.284. The monoisotopic (exact) mass is 113 g/mol. The van der Waals surface area contributed by atoms with Gasteiger partial charge in [-0.25, -0.2) is 0 Å². The van der Waals surface area contributed by atoms with Crippen molar-refractivity contribution in [1.29, 1.82) is 0 Å². The zero-order valence-electron chi connectivity index (χ0n) is 5.89. The van der Waals surface area contributed by atoms with Crippen LogP contribution in [0.25, 0.3) is 0 Å². The first-order chi connectivity index (χ1) is 3.68. The van der Waals surface area contributed by atoms with Crippen LogP contribution in [0.5, 0.6) is 0 Å². The molecule has 0 aliphatic heterocycles. The van der Waals surface area contributed by atoms with Gasteiger partial charge in [-0.15, -0.1) is 0 Å². The second kappa shape index (κ2) is 3.67. The van der Waals surface area contributed by atoms with E-state index in [4.69, 9.17) is 5.73 Å². The Morgan fingerprint density at radius 3 is 2.00 bits per heavy atom. The molecule has 0 spiro atoms. The Morgan fingerprint density at radius 1 is 1.38 bits per heavy atom. The summed E-state index contributed by atoms with van der Waals surface area (Å²) in [6.07, 6.45) is 4.15.